The predicted molar refractivity (Wildman–Crippen MR) is 81.3 cm³/mol. The van der Waals surface area contributed by atoms with Crippen molar-refractivity contribution in [1.82, 2.24) is 4.90 Å². The molecule has 0 amide bonds. The Morgan fingerprint density at radius 1 is 1.60 bits per heavy atom. The van der Waals surface area contributed by atoms with Crippen molar-refractivity contribution in [2.24, 2.45) is 5.92 Å². The van der Waals surface area contributed by atoms with Crippen LogP contribution in [0.3, 0.4) is 0 Å². The second-order valence-electron chi connectivity index (χ2n) is 5.05. The van der Waals surface area contributed by atoms with Gasteiger partial charge in [0.2, 0.25) is 0 Å². The van der Waals surface area contributed by atoms with Crippen LogP contribution in [0.5, 0.6) is 0 Å². The third-order valence-corrected chi connectivity index (χ3v) is 3.57. The van der Waals surface area contributed by atoms with Crippen molar-refractivity contribution in [3.63, 3.8) is 0 Å². The van der Waals surface area contributed by atoms with Crippen molar-refractivity contribution in [3.8, 4) is 6.07 Å². The molecular weight excluding hydrogens is 272 g/mol. The van der Waals surface area contributed by atoms with Crippen LogP contribution < -0.4 is 0 Å². The SMILES string of the molecule is CC(C)CN(CCC#N)Cc1cc(C=CC(=O)O)cs1. The Morgan fingerprint density at radius 2 is 2.35 bits per heavy atom. The molecule has 0 spiro atoms. The first-order valence-corrected chi connectivity index (χ1v) is 7.47. The molecule has 0 saturated heterocycles. The molecule has 0 saturated carbocycles. The second kappa shape index (κ2) is 8.51. The van der Waals surface area contributed by atoms with Crippen molar-refractivity contribution in [3.05, 3.63) is 28.0 Å². The molecule has 0 radical (unpaired) electrons. The molecule has 4 nitrogen and oxygen atoms in total. The molecule has 1 rings (SSSR count). The lowest BCUT2D eigenvalue weighted by Gasteiger charge is -2.22. The van der Waals surface area contributed by atoms with E-state index < -0.39 is 5.97 Å². The predicted octanol–water partition coefficient (Wildman–Crippen LogP) is 3.22. The summed E-state index contributed by atoms with van der Waals surface area (Å²) in [5, 5.41) is 19.3. The molecule has 1 heterocycles. The van der Waals surface area contributed by atoms with Crippen LogP contribution in [0.2, 0.25) is 0 Å². The number of carboxylic acid groups (broad SMARTS) is 1. The molecule has 0 atom stereocenters. The van der Waals surface area contributed by atoms with Crippen molar-refractivity contribution >= 4 is 23.4 Å². The third kappa shape index (κ3) is 6.50. The topological polar surface area (TPSA) is 64.3 Å². The zero-order chi connectivity index (χ0) is 15.0. The maximum Gasteiger partial charge on any atom is 0.328 e. The van der Waals surface area contributed by atoms with E-state index in [4.69, 9.17) is 10.4 Å². The molecule has 5 heteroatoms. The third-order valence-electron chi connectivity index (χ3n) is 2.64. The molecule has 0 aliphatic carbocycles. The van der Waals surface area contributed by atoms with E-state index in [0.717, 1.165) is 31.3 Å². The van der Waals surface area contributed by atoms with Crippen LogP contribution >= 0.6 is 11.3 Å². The van der Waals surface area contributed by atoms with Gasteiger partial charge in [-0.25, -0.2) is 4.79 Å². The van der Waals surface area contributed by atoms with Crippen LogP contribution in [0.4, 0.5) is 0 Å². The molecule has 108 valence electrons. The van der Waals surface area contributed by atoms with Crippen molar-refractivity contribution in [1.29, 1.82) is 5.26 Å². The fourth-order valence-electron chi connectivity index (χ4n) is 1.92. The molecule has 0 unspecified atom stereocenters. The Morgan fingerprint density at radius 3 is 2.95 bits per heavy atom. The Hall–Kier alpha value is -1.64. The number of carbonyl (C=O) groups is 1. The zero-order valence-electron chi connectivity index (χ0n) is 11.9. The van der Waals surface area contributed by atoms with E-state index in [-0.39, 0.29) is 0 Å². The number of hydrogen-bond acceptors (Lipinski definition) is 4. The monoisotopic (exact) mass is 292 g/mol. The van der Waals surface area contributed by atoms with Crippen LogP contribution in [0.25, 0.3) is 6.08 Å². The molecule has 0 aromatic carbocycles. The van der Waals surface area contributed by atoms with Gasteiger partial charge in [0.05, 0.1) is 6.07 Å². The Labute approximate surface area is 124 Å². The summed E-state index contributed by atoms with van der Waals surface area (Å²) in [6.07, 6.45) is 3.28. The molecule has 0 aliphatic rings. The smallest absolute Gasteiger partial charge is 0.328 e. The normalized spacial score (nSPS) is 11.3. The quantitative estimate of drug-likeness (QED) is 0.747. The largest absolute Gasteiger partial charge is 0.478 e. The first kappa shape index (κ1) is 16.4. The number of carboxylic acids is 1. The minimum Gasteiger partial charge on any atom is -0.478 e. The van der Waals surface area contributed by atoms with E-state index >= 15 is 0 Å². The summed E-state index contributed by atoms with van der Waals surface area (Å²) in [5.41, 5.74) is 0.914. The number of thiophene rings is 1. The fraction of sp³-hybridized carbons (Fsp3) is 0.467. The number of hydrogen-bond donors (Lipinski definition) is 1. The Balaban J connectivity index is 2.64. The highest BCUT2D eigenvalue weighted by Crippen LogP contribution is 2.18. The van der Waals surface area contributed by atoms with E-state index in [0.29, 0.717) is 12.3 Å². The number of nitriles is 1. The maximum absolute atomic E-state index is 10.5. The second-order valence-corrected chi connectivity index (χ2v) is 6.05. The fourth-order valence-corrected chi connectivity index (χ4v) is 2.81. The molecule has 0 aliphatic heterocycles. The van der Waals surface area contributed by atoms with Gasteiger partial charge in [0, 0.05) is 37.0 Å². The van der Waals surface area contributed by atoms with E-state index in [1.54, 1.807) is 17.4 Å². The van der Waals surface area contributed by atoms with Gasteiger partial charge in [0.15, 0.2) is 0 Å². The first-order valence-electron chi connectivity index (χ1n) is 6.59. The van der Waals surface area contributed by atoms with Crippen molar-refractivity contribution in [2.75, 3.05) is 13.1 Å². The van der Waals surface area contributed by atoms with Gasteiger partial charge in [-0.2, -0.15) is 5.26 Å². The van der Waals surface area contributed by atoms with Gasteiger partial charge in [-0.3, -0.25) is 4.90 Å². The lowest BCUT2D eigenvalue weighted by molar-refractivity contribution is -0.131. The van der Waals surface area contributed by atoms with Gasteiger partial charge in [-0.05, 0) is 29.0 Å². The summed E-state index contributed by atoms with van der Waals surface area (Å²) < 4.78 is 0. The van der Waals surface area contributed by atoms with Crippen LogP contribution in [-0.2, 0) is 11.3 Å². The highest BCUT2D eigenvalue weighted by atomic mass is 32.1. The summed E-state index contributed by atoms with van der Waals surface area (Å²) in [4.78, 5) is 13.9. The van der Waals surface area contributed by atoms with Gasteiger partial charge in [-0.1, -0.05) is 13.8 Å². The first-order chi connectivity index (χ1) is 9.51. The van der Waals surface area contributed by atoms with E-state index in [1.165, 1.54) is 4.88 Å². The maximum atomic E-state index is 10.5. The van der Waals surface area contributed by atoms with E-state index in [9.17, 15) is 4.79 Å². The number of aliphatic carboxylic acids is 1. The van der Waals surface area contributed by atoms with E-state index in [1.807, 2.05) is 11.4 Å². The molecule has 0 fully saturated rings. The highest BCUT2D eigenvalue weighted by molar-refractivity contribution is 7.10. The molecule has 1 aromatic rings. The van der Waals surface area contributed by atoms with Gasteiger partial charge in [0.25, 0.3) is 0 Å². The zero-order valence-corrected chi connectivity index (χ0v) is 12.7. The molecule has 20 heavy (non-hydrogen) atoms. The lowest BCUT2D eigenvalue weighted by atomic mass is 10.2. The summed E-state index contributed by atoms with van der Waals surface area (Å²) in [6.45, 7) is 6.86. The van der Waals surface area contributed by atoms with Gasteiger partial charge in [0.1, 0.15) is 0 Å². The van der Waals surface area contributed by atoms with Crippen LogP contribution in [0, 0.1) is 17.2 Å². The van der Waals surface area contributed by atoms with Crippen molar-refractivity contribution in [2.45, 2.75) is 26.8 Å². The Kier molecular flexibility index (Phi) is 6.99. The Bertz CT molecular complexity index is 500. The summed E-state index contributed by atoms with van der Waals surface area (Å²) in [6, 6.07) is 4.18. The minimum atomic E-state index is -0.937. The summed E-state index contributed by atoms with van der Waals surface area (Å²) in [7, 11) is 0. The molecular formula is C15H20N2O2S. The van der Waals surface area contributed by atoms with Crippen LogP contribution in [-0.4, -0.2) is 29.1 Å². The molecule has 1 aromatic heterocycles. The van der Waals surface area contributed by atoms with Gasteiger partial charge >= 0.3 is 5.97 Å². The lowest BCUT2D eigenvalue weighted by Crippen LogP contribution is -2.27. The van der Waals surface area contributed by atoms with Crippen LogP contribution in [0.1, 0.15) is 30.7 Å². The number of nitrogens with zero attached hydrogens (tertiary/aromatic N) is 2. The summed E-state index contributed by atoms with van der Waals surface area (Å²) >= 11 is 1.62. The van der Waals surface area contributed by atoms with Gasteiger partial charge < -0.3 is 5.11 Å². The molecule has 1 N–H and O–H groups in total. The van der Waals surface area contributed by atoms with Gasteiger partial charge in [-0.15, -0.1) is 11.3 Å². The number of rotatable bonds is 8. The standard InChI is InChI=1S/C15H20N2O2S/c1-12(2)9-17(7-3-6-16)10-14-8-13(11-20-14)4-5-15(18)19/h4-5,8,11-12H,3,7,9-10H2,1-2H3,(H,18,19). The summed E-state index contributed by atoms with van der Waals surface area (Å²) in [5.74, 6) is -0.381. The molecule has 0 bridgehead atoms. The van der Waals surface area contributed by atoms with Crippen molar-refractivity contribution < 1.29 is 9.90 Å². The minimum absolute atomic E-state index is 0.532. The average molecular weight is 292 g/mol. The van der Waals surface area contributed by atoms with E-state index in [2.05, 4.69) is 24.8 Å². The average Bonchev–Trinajstić information content (AvgIpc) is 2.80. The van der Waals surface area contributed by atoms with Crippen LogP contribution in [0.15, 0.2) is 17.5 Å². The highest BCUT2D eigenvalue weighted by Gasteiger charge is 2.09.